The van der Waals surface area contributed by atoms with E-state index in [-0.39, 0.29) is 47.6 Å². The van der Waals surface area contributed by atoms with Crippen LogP contribution in [0.3, 0.4) is 0 Å². The summed E-state index contributed by atoms with van der Waals surface area (Å²) < 4.78 is 76.5. The quantitative estimate of drug-likeness (QED) is 0.115. The van der Waals surface area contributed by atoms with E-state index in [2.05, 4.69) is 20.7 Å². The van der Waals surface area contributed by atoms with Crippen LogP contribution < -0.4 is 25.8 Å². The van der Waals surface area contributed by atoms with Crippen LogP contribution in [0.25, 0.3) is 33.3 Å². The molecule has 3 aromatic heterocycles. The van der Waals surface area contributed by atoms with Crippen molar-refractivity contribution in [3.63, 3.8) is 0 Å². The molecular formula is C43H41F3N10O7S. The zero-order chi connectivity index (χ0) is 45.4. The maximum absolute atomic E-state index is 13.7. The van der Waals surface area contributed by atoms with Crippen molar-refractivity contribution in [2.75, 3.05) is 23.5 Å². The third-order valence-electron chi connectivity index (χ3n) is 11.2. The number of nitrogens with zero attached hydrogens (tertiary/aromatic N) is 6. The molecule has 5 N–H and O–H groups in total. The molecule has 3 aromatic carbocycles. The number of fused-ring (bicyclic) bond motifs is 1. The Morgan fingerprint density at radius 1 is 0.969 bits per heavy atom. The van der Waals surface area contributed by atoms with Crippen molar-refractivity contribution in [2.24, 2.45) is 7.05 Å². The normalized spacial score (nSPS) is 16.5. The molecule has 17 nitrogen and oxygen atoms in total. The van der Waals surface area contributed by atoms with E-state index in [0.717, 1.165) is 0 Å². The number of hydrogen-bond acceptors (Lipinski definition) is 11. The molecule has 0 saturated carbocycles. The number of nitrogen functional groups attached to an aromatic ring is 1. The number of aromatic nitrogens is 5. The molecule has 2 atom stereocenters. The molecule has 2 aliphatic rings. The van der Waals surface area contributed by atoms with Crippen LogP contribution in [0.15, 0.2) is 85.3 Å². The molecular weight excluding hydrogens is 858 g/mol. The summed E-state index contributed by atoms with van der Waals surface area (Å²) in [6, 6.07) is 15.0. The fraction of sp³-hybridized carbons (Fsp3) is 0.279. The molecule has 2 saturated heterocycles. The molecule has 0 bridgehead atoms. The minimum atomic E-state index is -5.08. The molecule has 21 heteroatoms. The maximum atomic E-state index is 13.7. The number of carbonyl (C=O) groups is 4. The Kier molecular flexibility index (Phi) is 11.8. The number of sulfonamides is 1. The summed E-state index contributed by atoms with van der Waals surface area (Å²) in [5.41, 5.74) is 9.98. The van der Waals surface area contributed by atoms with Gasteiger partial charge in [0.05, 0.1) is 28.8 Å². The van der Waals surface area contributed by atoms with Gasteiger partial charge in [0.15, 0.2) is 0 Å². The molecule has 5 heterocycles. The van der Waals surface area contributed by atoms with Crippen molar-refractivity contribution >= 4 is 56.1 Å². The highest BCUT2D eigenvalue weighted by atomic mass is 32.2. The molecule has 2 aliphatic heterocycles. The molecule has 0 aliphatic carbocycles. The predicted octanol–water partition coefficient (Wildman–Crippen LogP) is 5.34. The second kappa shape index (κ2) is 17.5. The van der Waals surface area contributed by atoms with Crippen LogP contribution in [0.2, 0.25) is 0 Å². The van der Waals surface area contributed by atoms with E-state index in [0.29, 0.717) is 70.3 Å². The highest BCUT2D eigenvalue weighted by Gasteiger charge is 2.31. The number of aryl methyl sites for hydroxylation is 1. The van der Waals surface area contributed by atoms with E-state index in [9.17, 15) is 40.8 Å². The lowest BCUT2D eigenvalue weighted by molar-refractivity contribution is -0.134. The Hall–Kier alpha value is -7.29. The average Bonchev–Trinajstić information content (AvgIpc) is 3.91. The maximum Gasteiger partial charge on any atom is 0.355 e. The number of pyridine rings is 1. The number of anilines is 2. The summed E-state index contributed by atoms with van der Waals surface area (Å²) >= 11 is 0. The highest BCUT2D eigenvalue weighted by molar-refractivity contribution is 7.93. The van der Waals surface area contributed by atoms with Gasteiger partial charge in [-0.3, -0.25) is 38.6 Å². The fourth-order valence-corrected chi connectivity index (χ4v) is 8.41. The summed E-state index contributed by atoms with van der Waals surface area (Å²) in [6.45, 7) is 2.47. The second-order valence-corrected chi connectivity index (χ2v) is 17.1. The average molecular weight is 899 g/mol. The minimum Gasteiger partial charge on any atom is -0.484 e. The smallest absolute Gasteiger partial charge is 0.355 e. The Bertz CT molecular complexity index is 2920. The summed E-state index contributed by atoms with van der Waals surface area (Å²) in [6.07, 6.45) is 5.88. The van der Waals surface area contributed by atoms with Crippen molar-refractivity contribution in [3.8, 4) is 28.1 Å². The van der Waals surface area contributed by atoms with E-state index < -0.39 is 51.5 Å². The van der Waals surface area contributed by atoms with E-state index in [4.69, 9.17) is 15.6 Å². The standard InChI is InChI=1S/C43H41F3N10O7S/c1-23(24-6-9-29(44)10-7-24)63-34-19-25(8-11-32(34)53-64(61,62)43(45)46)37-36-38(54(2)52-37)31(21-48-39(36)47)28-20-49-56(22-28)30-14-16-55(17-15-30)42(60)27-5-3-4-26(18-27)40(58)50-33-12-13-35(57)51-41(33)59/h3-11,18-23,30,33,43,53H,12-17H2,1-2H3,(H2,47,48)(H,50,58)(H,51,57,59)/t23-,33?/m0/s1. The number of imide groups is 1. The van der Waals surface area contributed by atoms with Crippen LogP contribution in [0.1, 0.15) is 71.0 Å². The summed E-state index contributed by atoms with van der Waals surface area (Å²) in [5.74, 6) is -5.89. The molecule has 1 unspecified atom stereocenters. The van der Waals surface area contributed by atoms with Crippen molar-refractivity contribution in [3.05, 3.63) is 108 Å². The fourth-order valence-electron chi connectivity index (χ4n) is 7.85. The molecule has 4 amide bonds. The summed E-state index contributed by atoms with van der Waals surface area (Å²) in [7, 11) is -3.37. The first-order chi connectivity index (χ1) is 30.6. The predicted molar refractivity (Wildman–Crippen MR) is 228 cm³/mol. The van der Waals surface area contributed by atoms with Crippen LogP contribution in [-0.4, -0.2) is 86.4 Å². The van der Waals surface area contributed by atoms with Gasteiger partial charge in [0.2, 0.25) is 11.8 Å². The molecule has 64 heavy (non-hydrogen) atoms. The van der Waals surface area contributed by atoms with Gasteiger partial charge in [0.25, 0.3) is 21.8 Å². The largest absolute Gasteiger partial charge is 0.484 e. The minimum absolute atomic E-state index is 0.0560. The van der Waals surface area contributed by atoms with Gasteiger partial charge in [0.1, 0.15) is 35.2 Å². The van der Waals surface area contributed by atoms with Crippen molar-refractivity contribution in [1.82, 2.24) is 40.1 Å². The lowest BCUT2D eigenvalue weighted by Crippen LogP contribution is -2.52. The molecule has 0 spiro atoms. The molecule has 6 aromatic rings. The third kappa shape index (κ3) is 8.83. The van der Waals surface area contributed by atoms with Crippen molar-refractivity contribution in [1.29, 1.82) is 0 Å². The monoisotopic (exact) mass is 898 g/mol. The Balaban J connectivity index is 0.998. The Labute approximate surface area is 363 Å². The van der Waals surface area contributed by atoms with Gasteiger partial charge in [-0.25, -0.2) is 17.8 Å². The van der Waals surface area contributed by atoms with Crippen LogP contribution in [-0.2, 0) is 26.7 Å². The Morgan fingerprint density at radius 2 is 1.70 bits per heavy atom. The van der Waals surface area contributed by atoms with E-state index in [1.54, 1.807) is 54.1 Å². The number of benzene rings is 3. The zero-order valence-corrected chi connectivity index (χ0v) is 35.1. The van der Waals surface area contributed by atoms with Crippen LogP contribution >= 0.6 is 0 Å². The highest BCUT2D eigenvalue weighted by Crippen LogP contribution is 2.41. The van der Waals surface area contributed by atoms with Crippen LogP contribution in [0.4, 0.5) is 24.7 Å². The van der Waals surface area contributed by atoms with Crippen LogP contribution in [0, 0.1) is 5.82 Å². The van der Waals surface area contributed by atoms with Gasteiger partial charge in [-0.15, -0.1) is 0 Å². The number of halogens is 3. The number of carbonyl (C=O) groups excluding carboxylic acids is 4. The number of nitrogens with two attached hydrogens (primary N) is 1. The number of nitrogens with one attached hydrogen (secondary N) is 3. The number of piperidine rings is 2. The molecule has 2 fully saturated rings. The van der Waals surface area contributed by atoms with Crippen LogP contribution in [0.5, 0.6) is 5.75 Å². The lowest BCUT2D eigenvalue weighted by atomic mass is 10.0. The van der Waals surface area contributed by atoms with Gasteiger partial charge < -0.3 is 20.7 Å². The van der Waals surface area contributed by atoms with Crippen molar-refractivity contribution < 1.29 is 45.5 Å². The van der Waals surface area contributed by atoms with E-state index in [1.165, 1.54) is 48.5 Å². The van der Waals surface area contributed by atoms with E-state index in [1.807, 2.05) is 15.6 Å². The number of alkyl halides is 2. The Morgan fingerprint density at radius 3 is 2.42 bits per heavy atom. The van der Waals surface area contributed by atoms with Crippen molar-refractivity contribution in [2.45, 2.75) is 56.6 Å². The number of likely N-dealkylation sites (tertiary alicyclic amines) is 1. The number of rotatable bonds is 12. The second-order valence-electron chi connectivity index (χ2n) is 15.5. The first-order valence-corrected chi connectivity index (χ1v) is 21.7. The zero-order valence-electron chi connectivity index (χ0n) is 34.3. The van der Waals surface area contributed by atoms with Gasteiger partial charge in [-0.1, -0.05) is 24.3 Å². The SMILES string of the molecule is C[C@H](Oc1cc(-c2nn(C)c3c(-c4cnn(C5CCN(C(=O)c6cccc(C(=O)NC7CCC(=O)NC7=O)c6)CC5)c4)cnc(N)c23)ccc1NS(=O)(=O)C(F)F)c1ccc(F)cc1. The van der Waals surface area contributed by atoms with Gasteiger partial charge in [0, 0.05) is 66.8 Å². The lowest BCUT2D eigenvalue weighted by Gasteiger charge is -2.32. The number of hydrogen-bond donors (Lipinski definition) is 4. The first-order valence-electron chi connectivity index (χ1n) is 20.1. The summed E-state index contributed by atoms with van der Waals surface area (Å²) in [4.78, 5) is 56.3. The molecule has 332 valence electrons. The van der Waals surface area contributed by atoms with Gasteiger partial charge in [-0.05, 0) is 74.2 Å². The first kappa shape index (κ1) is 43.4. The molecule has 0 radical (unpaired) electrons. The third-order valence-corrected chi connectivity index (χ3v) is 12.2. The topological polar surface area (TPSA) is 226 Å². The number of ether oxygens (including phenoxy) is 1. The van der Waals surface area contributed by atoms with E-state index >= 15 is 0 Å². The molecule has 8 rings (SSSR count). The van der Waals surface area contributed by atoms with Gasteiger partial charge in [-0.2, -0.15) is 19.0 Å². The van der Waals surface area contributed by atoms with Gasteiger partial charge >= 0.3 is 5.76 Å². The summed E-state index contributed by atoms with van der Waals surface area (Å²) in [5, 5.41) is 14.7. The number of amides is 4.